The molecule has 180 valence electrons. The largest absolute Gasteiger partial charge is 0.497 e. The zero-order chi connectivity index (χ0) is 23.3. The van der Waals surface area contributed by atoms with Crippen LogP contribution in [0.5, 0.6) is 11.5 Å². The third-order valence-corrected chi connectivity index (χ3v) is 8.87. The van der Waals surface area contributed by atoms with Gasteiger partial charge < -0.3 is 28.8 Å². The van der Waals surface area contributed by atoms with Crippen LogP contribution in [0.25, 0.3) is 22.3 Å². The van der Waals surface area contributed by atoms with Gasteiger partial charge in [0.1, 0.15) is 18.1 Å². The lowest BCUT2D eigenvalue weighted by atomic mass is 9.93. The highest BCUT2D eigenvalue weighted by molar-refractivity contribution is 7.85. The fraction of sp³-hybridized carbons (Fsp3) is 0.500. The highest BCUT2D eigenvalue weighted by atomic mass is 32.2. The Labute approximate surface area is 200 Å². The molecule has 9 nitrogen and oxygen atoms in total. The van der Waals surface area contributed by atoms with Crippen molar-refractivity contribution in [3.8, 4) is 22.9 Å². The quantitative estimate of drug-likeness (QED) is 0.604. The normalized spacial score (nSPS) is 22.5. The van der Waals surface area contributed by atoms with E-state index in [2.05, 4.69) is 9.88 Å². The zero-order valence-electron chi connectivity index (χ0n) is 19.3. The second-order valence-corrected chi connectivity index (χ2v) is 10.6. The number of hydrogen-bond donors (Lipinski definition) is 1. The van der Waals surface area contributed by atoms with Crippen LogP contribution in [0.15, 0.2) is 24.4 Å². The van der Waals surface area contributed by atoms with Crippen molar-refractivity contribution < 1.29 is 23.2 Å². The van der Waals surface area contributed by atoms with Gasteiger partial charge in [-0.05, 0) is 25.0 Å². The first-order valence-electron chi connectivity index (χ1n) is 11.6. The summed E-state index contributed by atoms with van der Waals surface area (Å²) >= 11 is 0. The fourth-order valence-corrected chi connectivity index (χ4v) is 6.40. The van der Waals surface area contributed by atoms with E-state index in [1.807, 2.05) is 24.4 Å². The van der Waals surface area contributed by atoms with E-state index in [9.17, 15) is 4.21 Å². The standard InChI is InChI=1S/C24H28N4O5S/c1-30-16-11-18(17-3-6-25-19(17)12-16)22-26-21(24(34(2)29)4-8-31-9-5-24)20-23(27-22)28-7-10-32-13-15(28)14-33-20/h3,6,11-12,15,25H,4-5,7-10,13-14H2,1-2H3. The summed E-state index contributed by atoms with van der Waals surface area (Å²) in [5, 5.41) is 1.00. The Morgan fingerprint density at radius 3 is 2.82 bits per heavy atom. The number of fused-ring (bicyclic) bond motifs is 4. The molecule has 0 spiro atoms. The number of anilines is 1. The molecule has 10 heteroatoms. The smallest absolute Gasteiger partial charge is 0.185 e. The molecule has 0 saturated carbocycles. The Morgan fingerprint density at radius 2 is 2.03 bits per heavy atom. The number of aromatic nitrogens is 3. The van der Waals surface area contributed by atoms with E-state index >= 15 is 0 Å². The number of aromatic amines is 1. The first kappa shape index (κ1) is 21.8. The van der Waals surface area contributed by atoms with Crippen molar-refractivity contribution >= 4 is 27.5 Å². The summed E-state index contributed by atoms with van der Waals surface area (Å²) in [5.41, 5.74) is 2.52. The molecule has 6 rings (SSSR count). The van der Waals surface area contributed by atoms with Gasteiger partial charge in [0.25, 0.3) is 0 Å². The van der Waals surface area contributed by atoms with E-state index in [-0.39, 0.29) is 6.04 Å². The van der Waals surface area contributed by atoms with Crippen molar-refractivity contribution in [3.63, 3.8) is 0 Å². The number of benzene rings is 1. The number of hydrogen-bond acceptors (Lipinski definition) is 8. The highest BCUT2D eigenvalue weighted by Gasteiger charge is 2.46. The fourth-order valence-electron chi connectivity index (χ4n) is 5.25. The van der Waals surface area contributed by atoms with E-state index in [1.54, 1.807) is 13.4 Å². The molecule has 0 bridgehead atoms. The Hall–Kier alpha value is -2.69. The number of H-pyrrole nitrogens is 1. The molecule has 5 heterocycles. The second-order valence-electron chi connectivity index (χ2n) is 8.96. The number of ether oxygens (including phenoxy) is 4. The molecule has 2 aromatic heterocycles. The summed E-state index contributed by atoms with van der Waals surface area (Å²) in [7, 11) is 0.465. The number of rotatable bonds is 4. The van der Waals surface area contributed by atoms with E-state index in [0.717, 1.165) is 28.8 Å². The minimum Gasteiger partial charge on any atom is -0.497 e. The van der Waals surface area contributed by atoms with E-state index in [0.29, 0.717) is 68.9 Å². The molecule has 0 radical (unpaired) electrons. The molecule has 3 aliphatic rings. The Morgan fingerprint density at radius 1 is 1.18 bits per heavy atom. The molecule has 2 unspecified atom stereocenters. The van der Waals surface area contributed by atoms with Gasteiger partial charge >= 0.3 is 0 Å². The van der Waals surface area contributed by atoms with Gasteiger partial charge in [-0.1, -0.05) is 0 Å². The summed E-state index contributed by atoms with van der Waals surface area (Å²) in [6, 6.07) is 6.03. The van der Waals surface area contributed by atoms with Crippen LogP contribution >= 0.6 is 0 Å². The third kappa shape index (κ3) is 3.38. The van der Waals surface area contributed by atoms with E-state index in [4.69, 9.17) is 28.9 Å². The predicted molar refractivity (Wildman–Crippen MR) is 129 cm³/mol. The molecule has 1 aromatic carbocycles. The molecule has 3 aromatic rings. The van der Waals surface area contributed by atoms with Gasteiger partial charge in [-0.2, -0.15) is 0 Å². The van der Waals surface area contributed by atoms with Crippen molar-refractivity contribution in [1.82, 2.24) is 15.0 Å². The molecule has 1 N–H and O–H groups in total. The van der Waals surface area contributed by atoms with Gasteiger partial charge in [0.05, 0.1) is 31.1 Å². The first-order valence-corrected chi connectivity index (χ1v) is 13.1. The minimum absolute atomic E-state index is 0.0900. The van der Waals surface area contributed by atoms with Gasteiger partial charge in [-0.15, -0.1) is 0 Å². The second kappa shape index (κ2) is 8.51. The third-order valence-electron chi connectivity index (χ3n) is 7.17. The molecule has 0 amide bonds. The maximum absolute atomic E-state index is 13.3. The lowest BCUT2D eigenvalue weighted by Gasteiger charge is -2.43. The minimum atomic E-state index is -1.18. The van der Waals surface area contributed by atoms with Crippen LogP contribution in [-0.2, 0) is 25.0 Å². The number of nitrogens with one attached hydrogen (secondary N) is 1. The van der Waals surface area contributed by atoms with E-state index < -0.39 is 15.5 Å². The molecule has 2 atom stereocenters. The van der Waals surface area contributed by atoms with Crippen molar-refractivity contribution in [2.75, 3.05) is 57.8 Å². The van der Waals surface area contributed by atoms with Gasteiger partial charge in [0.2, 0.25) is 0 Å². The van der Waals surface area contributed by atoms with Gasteiger partial charge in [-0.25, -0.2) is 9.97 Å². The summed E-state index contributed by atoms with van der Waals surface area (Å²) in [6.07, 6.45) is 4.89. The van der Waals surface area contributed by atoms with Crippen LogP contribution in [-0.4, -0.2) is 78.1 Å². The maximum atomic E-state index is 13.3. The number of nitrogens with zero attached hydrogens (tertiary/aromatic N) is 3. The van der Waals surface area contributed by atoms with Gasteiger partial charge in [0.15, 0.2) is 17.4 Å². The van der Waals surface area contributed by atoms with Crippen molar-refractivity contribution in [1.29, 1.82) is 0 Å². The maximum Gasteiger partial charge on any atom is 0.185 e. The lowest BCUT2D eigenvalue weighted by molar-refractivity contribution is 0.0646. The molecule has 0 aliphatic carbocycles. The van der Waals surface area contributed by atoms with Crippen molar-refractivity contribution in [2.24, 2.45) is 0 Å². The van der Waals surface area contributed by atoms with Gasteiger partial charge in [0, 0.05) is 65.5 Å². The highest BCUT2D eigenvalue weighted by Crippen LogP contribution is 2.47. The van der Waals surface area contributed by atoms with Crippen molar-refractivity contribution in [3.05, 3.63) is 30.1 Å². The molecule has 2 fully saturated rings. The van der Waals surface area contributed by atoms with Gasteiger partial charge in [-0.3, -0.25) is 4.21 Å². The van der Waals surface area contributed by atoms with Crippen LogP contribution in [0, 0.1) is 0 Å². The van der Waals surface area contributed by atoms with Crippen LogP contribution < -0.4 is 14.4 Å². The molecular formula is C24H28N4O5S. The summed E-state index contributed by atoms with van der Waals surface area (Å²) in [5.74, 6) is 2.69. The topological polar surface area (TPSA) is 98.8 Å². The number of methoxy groups -OCH3 is 1. The number of morpholine rings is 1. The molecular weight excluding hydrogens is 456 g/mol. The molecule has 3 aliphatic heterocycles. The Balaban J connectivity index is 1.62. The van der Waals surface area contributed by atoms with E-state index in [1.165, 1.54) is 0 Å². The average molecular weight is 485 g/mol. The Kier molecular flexibility index (Phi) is 5.46. The van der Waals surface area contributed by atoms with Crippen LogP contribution in [0.3, 0.4) is 0 Å². The summed E-state index contributed by atoms with van der Waals surface area (Å²) < 4.78 is 35.9. The monoisotopic (exact) mass is 484 g/mol. The SMILES string of the molecule is COc1cc(-c2nc3c(c(C4(S(C)=O)CCOCC4)n2)OCC2COCCN32)c2cc[nH]c2c1. The summed E-state index contributed by atoms with van der Waals surface area (Å²) in [4.78, 5) is 15.7. The first-order chi connectivity index (χ1) is 16.6. The predicted octanol–water partition coefficient (Wildman–Crippen LogP) is 2.62. The van der Waals surface area contributed by atoms with Crippen molar-refractivity contribution in [2.45, 2.75) is 23.6 Å². The van der Waals surface area contributed by atoms with Crippen LogP contribution in [0.2, 0.25) is 0 Å². The molecule has 34 heavy (non-hydrogen) atoms. The lowest BCUT2D eigenvalue weighted by Crippen LogP contribution is -2.52. The average Bonchev–Trinajstić information content (AvgIpc) is 3.36. The van der Waals surface area contributed by atoms with Crippen LogP contribution in [0.4, 0.5) is 5.82 Å². The summed E-state index contributed by atoms with van der Waals surface area (Å²) in [6.45, 7) is 3.51. The molecule has 2 saturated heterocycles. The Bertz CT molecular complexity index is 1260. The van der Waals surface area contributed by atoms with Crippen LogP contribution in [0.1, 0.15) is 18.5 Å². The zero-order valence-corrected chi connectivity index (χ0v) is 20.2.